The summed E-state index contributed by atoms with van der Waals surface area (Å²) in [5.41, 5.74) is 2.59. The number of nitrogens with zero attached hydrogens (tertiary/aromatic N) is 3. The normalized spacial score (nSPS) is 15.6. The van der Waals surface area contributed by atoms with E-state index in [0.717, 1.165) is 47.6 Å². The van der Waals surface area contributed by atoms with E-state index >= 15 is 0 Å². The molecule has 1 saturated heterocycles. The summed E-state index contributed by atoms with van der Waals surface area (Å²) < 4.78 is 10.8. The van der Waals surface area contributed by atoms with Crippen molar-refractivity contribution in [3.8, 4) is 17.1 Å². The number of anilines is 1. The number of benzene rings is 2. The van der Waals surface area contributed by atoms with Gasteiger partial charge in [0.1, 0.15) is 23.8 Å². The van der Waals surface area contributed by atoms with Gasteiger partial charge in [0.2, 0.25) is 0 Å². The number of hydrogen-bond acceptors (Lipinski definition) is 6. The number of aromatic amines is 1. The topological polar surface area (TPSA) is 80.3 Å². The molecule has 1 N–H and O–H groups in total. The van der Waals surface area contributed by atoms with E-state index in [1.807, 2.05) is 54.6 Å². The first kappa shape index (κ1) is 22.2. The Labute approximate surface area is 202 Å². The van der Waals surface area contributed by atoms with Crippen LogP contribution in [0.15, 0.2) is 60.7 Å². The van der Waals surface area contributed by atoms with E-state index in [-0.39, 0.29) is 11.9 Å². The van der Waals surface area contributed by atoms with E-state index in [1.54, 1.807) is 6.07 Å². The molecule has 0 saturated carbocycles. The number of carbonyl (C=O) groups is 1. The minimum absolute atomic E-state index is 0.174. The third-order valence-electron chi connectivity index (χ3n) is 6.01. The number of H-pyrrole nitrogens is 1. The van der Waals surface area contributed by atoms with Crippen molar-refractivity contribution >= 4 is 34.4 Å². The van der Waals surface area contributed by atoms with Crippen molar-refractivity contribution in [3.63, 3.8) is 0 Å². The van der Waals surface area contributed by atoms with Crippen LogP contribution in [-0.2, 0) is 16.1 Å². The zero-order valence-electron chi connectivity index (χ0n) is 18.8. The van der Waals surface area contributed by atoms with Crippen molar-refractivity contribution < 1.29 is 14.3 Å². The number of ether oxygens (including phenoxy) is 2. The lowest BCUT2D eigenvalue weighted by Crippen LogP contribution is -2.22. The molecule has 2 aromatic heterocycles. The maximum absolute atomic E-state index is 11.8. The summed E-state index contributed by atoms with van der Waals surface area (Å²) in [6.07, 6.45) is 1.33. The summed E-state index contributed by atoms with van der Waals surface area (Å²) in [5.74, 6) is 2.28. The van der Waals surface area contributed by atoms with Crippen molar-refractivity contribution in [1.29, 1.82) is 0 Å². The SMILES string of the molecule is COC(=O)C[C@H]1CCN(c2nc(-c3ccccc3)nc3[nH]c(COc4cccc(Cl)c4)cc23)C1. The maximum atomic E-state index is 11.8. The van der Waals surface area contributed by atoms with E-state index in [0.29, 0.717) is 29.6 Å². The highest BCUT2D eigenvalue weighted by molar-refractivity contribution is 6.30. The van der Waals surface area contributed by atoms with Gasteiger partial charge in [-0.1, -0.05) is 48.0 Å². The zero-order valence-corrected chi connectivity index (χ0v) is 19.6. The van der Waals surface area contributed by atoms with E-state index in [2.05, 4.69) is 9.88 Å². The predicted octanol–water partition coefficient (Wildman–Crippen LogP) is 5.25. The minimum atomic E-state index is -0.174. The van der Waals surface area contributed by atoms with Crippen LogP contribution in [0.4, 0.5) is 5.82 Å². The van der Waals surface area contributed by atoms with Crippen molar-refractivity contribution in [2.75, 3.05) is 25.1 Å². The number of halogens is 1. The molecule has 7 nitrogen and oxygen atoms in total. The summed E-state index contributed by atoms with van der Waals surface area (Å²) in [4.78, 5) is 27.2. The number of fused-ring (bicyclic) bond motifs is 1. The highest BCUT2D eigenvalue weighted by atomic mass is 35.5. The molecule has 3 heterocycles. The second kappa shape index (κ2) is 9.73. The highest BCUT2D eigenvalue weighted by Crippen LogP contribution is 2.33. The van der Waals surface area contributed by atoms with Crippen LogP contribution in [0.2, 0.25) is 5.02 Å². The molecular weight excluding hydrogens is 452 g/mol. The maximum Gasteiger partial charge on any atom is 0.305 e. The van der Waals surface area contributed by atoms with Crippen LogP contribution in [0.25, 0.3) is 22.4 Å². The third-order valence-corrected chi connectivity index (χ3v) is 6.25. The molecule has 4 aromatic rings. The van der Waals surface area contributed by atoms with Gasteiger partial charge in [0.05, 0.1) is 24.6 Å². The van der Waals surface area contributed by atoms with Crippen molar-refractivity contribution in [2.45, 2.75) is 19.4 Å². The number of esters is 1. The molecule has 0 amide bonds. The first-order chi connectivity index (χ1) is 16.6. The number of aromatic nitrogens is 3. The fourth-order valence-corrected chi connectivity index (χ4v) is 4.49. The monoisotopic (exact) mass is 476 g/mol. The summed E-state index contributed by atoms with van der Waals surface area (Å²) in [7, 11) is 1.43. The molecule has 0 spiro atoms. The van der Waals surface area contributed by atoms with Gasteiger partial charge in [-0.05, 0) is 36.6 Å². The largest absolute Gasteiger partial charge is 0.487 e. The molecule has 0 aliphatic carbocycles. The number of nitrogens with one attached hydrogen (secondary N) is 1. The average molecular weight is 477 g/mol. The molecule has 174 valence electrons. The van der Waals surface area contributed by atoms with E-state index in [1.165, 1.54) is 7.11 Å². The molecule has 0 radical (unpaired) electrons. The van der Waals surface area contributed by atoms with E-state index < -0.39 is 0 Å². The lowest BCUT2D eigenvalue weighted by atomic mass is 10.1. The highest BCUT2D eigenvalue weighted by Gasteiger charge is 2.28. The molecule has 34 heavy (non-hydrogen) atoms. The van der Waals surface area contributed by atoms with Gasteiger partial charge < -0.3 is 19.4 Å². The van der Waals surface area contributed by atoms with Gasteiger partial charge in [-0.2, -0.15) is 0 Å². The Morgan fingerprint density at radius 2 is 2.00 bits per heavy atom. The quantitative estimate of drug-likeness (QED) is 0.367. The standard InChI is InChI=1S/C26H25ClN4O3/c1-33-23(32)12-17-10-11-31(15-17)26-22-14-20(16-34-21-9-5-8-19(27)13-21)28-25(22)29-24(30-26)18-6-3-2-4-7-18/h2-9,13-14,17H,10-12,15-16H2,1H3,(H,28,29,30)/t17-/m1/s1. The third kappa shape index (κ3) is 4.84. The van der Waals surface area contributed by atoms with Crippen LogP contribution in [-0.4, -0.2) is 41.1 Å². The molecule has 1 aliphatic rings. The summed E-state index contributed by atoms with van der Waals surface area (Å²) >= 11 is 6.07. The fourth-order valence-electron chi connectivity index (χ4n) is 4.31. The lowest BCUT2D eigenvalue weighted by Gasteiger charge is -2.19. The van der Waals surface area contributed by atoms with Crippen LogP contribution in [0.5, 0.6) is 5.75 Å². The number of carbonyl (C=O) groups excluding carboxylic acids is 1. The minimum Gasteiger partial charge on any atom is -0.487 e. The first-order valence-electron chi connectivity index (χ1n) is 11.2. The van der Waals surface area contributed by atoms with Gasteiger partial charge in [0.15, 0.2) is 5.82 Å². The fraction of sp³-hybridized carbons (Fsp3) is 0.269. The van der Waals surface area contributed by atoms with Crippen LogP contribution >= 0.6 is 11.6 Å². The van der Waals surface area contributed by atoms with Crippen molar-refractivity contribution in [2.24, 2.45) is 5.92 Å². The van der Waals surface area contributed by atoms with Gasteiger partial charge in [-0.3, -0.25) is 4.79 Å². The molecule has 0 bridgehead atoms. The smallest absolute Gasteiger partial charge is 0.305 e. The Morgan fingerprint density at radius 1 is 1.15 bits per heavy atom. The van der Waals surface area contributed by atoms with Crippen LogP contribution in [0.3, 0.4) is 0 Å². The Bertz CT molecular complexity index is 1310. The summed E-state index contributed by atoms with van der Waals surface area (Å²) in [5, 5.41) is 1.56. The number of methoxy groups -OCH3 is 1. The molecule has 8 heteroatoms. The Hall–Kier alpha value is -3.58. The Morgan fingerprint density at radius 3 is 2.79 bits per heavy atom. The molecule has 5 rings (SSSR count). The summed E-state index contributed by atoms with van der Waals surface area (Å²) in [6.45, 7) is 1.91. The van der Waals surface area contributed by atoms with Crippen molar-refractivity contribution in [3.05, 3.63) is 71.4 Å². The van der Waals surface area contributed by atoms with Crippen LogP contribution in [0.1, 0.15) is 18.5 Å². The predicted molar refractivity (Wildman–Crippen MR) is 132 cm³/mol. The second-order valence-electron chi connectivity index (χ2n) is 8.42. The number of hydrogen-bond donors (Lipinski definition) is 1. The van der Waals surface area contributed by atoms with Gasteiger partial charge in [-0.15, -0.1) is 0 Å². The zero-order chi connectivity index (χ0) is 23.5. The van der Waals surface area contributed by atoms with E-state index in [9.17, 15) is 4.79 Å². The molecular formula is C26H25ClN4O3. The van der Waals surface area contributed by atoms with Gasteiger partial charge in [-0.25, -0.2) is 9.97 Å². The summed E-state index contributed by atoms with van der Waals surface area (Å²) in [6, 6.07) is 19.3. The molecule has 1 fully saturated rings. The Kier molecular flexibility index (Phi) is 6.36. The molecule has 2 aromatic carbocycles. The van der Waals surface area contributed by atoms with Gasteiger partial charge in [0.25, 0.3) is 0 Å². The van der Waals surface area contributed by atoms with Crippen molar-refractivity contribution in [1.82, 2.24) is 15.0 Å². The Balaban J connectivity index is 1.47. The van der Waals surface area contributed by atoms with Crippen LogP contribution in [0, 0.1) is 5.92 Å². The average Bonchev–Trinajstić information content (AvgIpc) is 3.49. The molecule has 1 atom stereocenters. The van der Waals surface area contributed by atoms with E-state index in [4.69, 9.17) is 31.0 Å². The first-order valence-corrected chi connectivity index (χ1v) is 11.6. The lowest BCUT2D eigenvalue weighted by molar-refractivity contribution is -0.141. The second-order valence-corrected chi connectivity index (χ2v) is 8.86. The number of rotatable bonds is 7. The molecule has 0 unspecified atom stereocenters. The molecule has 1 aliphatic heterocycles. The van der Waals surface area contributed by atoms with Gasteiger partial charge in [0, 0.05) is 23.7 Å². The van der Waals surface area contributed by atoms with Crippen LogP contribution < -0.4 is 9.64 Å². The van der Waals surface area contributed by atoms with Gasteiger partial charge >= 0.3 is 5.97 Å².